The number of carbonyl (C=O) groups excluding carboxylic acids is 1. The monoisotopic (exact) mass is 853 g/mol. The number of esters is 1. The van der Waals surface area contributed by atoms with Crippen LogP contribution in [0.1, 0.15) is 232 Å². The standard InChI is InChI=1S/C51H96O9/c1-3-5-7-9-11-13-15-17-19-20-21-22-23-24-25-26-28-30-32-34-36-38-40-47(53)59-45(44-58-51-50(56)49(55)48(54)46(42-52)60-51)43-57-41-39-37-35-33-31-29-27-18-16-14-12-10-8-6-4-2/h10,12,16,18,45-46,48-52,54-56H,3-9,11,13-15,17,19-44H2,1-2H3/b12-10-,18-16-. The van der Waals surface area contributed by atoms with Gasteiger partial charge in [0.05, 0.1) is 19.8 Å². The zero-order chi connectivity index (χ0) is 43.6. The number of hydrogen-bond donors (Lipinski definition) is 4. The Morgan fingerprint density at radius 2 is 0.983 bits per heavy atom. The van der Waals surface area contributed by atoms with E-state index in [4.69, 9.17) is 18.9 Å². The van der Waals surface area contributed by atoms with Crippen molar-refractivity contribution in [1.82, 2.24) is 0 Å². The van der Waals surface area contributed by atoms with E-state index >= 15 is 0 Å². The average molecular weight is 853 g/mol. The fraction of sp³-hybridized carbons (Fsp3) is 0.902. The summed E-state index contributed by atoms with van der Waals surface area (Å²) in [5.74, 6) is -0.313. The predicted molar refractivity (Wildman–Crippen MR) is 247 cm³/mol. The summed E-state index contributed by atoms with van der Waals surface area (Å²) in [7, 11) is 0. The van der Waals surface area contributed by atoms with Crippen LogP contribution >= 0.6 is 0 Å². The van der Waals surface area contributed by atoms with E-state index in [9.17, 15) is 25.2 Å². The number of rotatable bonds is 44. The molecule has 1 heterocycles. The molecule has 0 radical (unpaired) electrons. The van der Waals surface area contributed by atoms with Gasteiger partial charge in [-0.3, -0.25) is 4.79 Å². The third kappa shape index (κ3) is 33.3. The Morgan fingerprint density at radius 3 is 1.48 bits per heavy atom. The zero-order valence-electron chi connectivity index (χ0n) is 39.0. The summed E-state index contributed by atoms with van der Waals surface area (Å²) >= 11 is 0. The third-order valence-corrected chi connectivity index (χ3v) is 11.9. The summed E-state index contributed by atoms with van der Waals surface area (Å²) in [6.45, 7) is 4.54. The highest BCUT2D eigenvalue weighted by molar-refractivity contribution is 5.69. The number of ether oxygens (including phenoxy) is 4. The molecule has 0 saturated carbocycles. The smallest absolute Gasteiger partial charge is 0.306 e. The SMILES string of the molecule is CCCC/C=C\C/C=C\CCCCCCCCOCC(COC1OC(CO)C(O)C(O)C1O)OC(=O)CCCCCCCCCCCCCCCCCCCCCCCC. The van der Waals surface area contributed by atoms with Crippen molar-refractivity contribution in [3.8, 4) is 0 Å². The first kappa shape index (κ1) is 56.7. The minimum absolute atomic E-state index is 0.114. The van der Waals surface area contributed by atoms with Crippen molar-refractivity contribution in [1.29, 1.82) is 0 Å². The molecule has 0 aromatic rings. The van der Waals surface area contributed by atoms with Gasteiger partial charge in [0.15, 0.2) is 6.29 Å². The summed E-state index contributed by atoms with van der Waals surface area (Å²) in [5.41, 5.74) is 0. The number of aliphatic hydroxyl groups is 4. The van der Waals surface area contributed by atoms with E-state index in [0.717, 1.165) is 51.4 Å². The van der Waals surface area contributed by atoms with Crippen molar-refractivity contribution < 1.29 is 44.2 Å². The molecule has 1 rings (SSSR count). The van der Waals surface area contributed by atoms with E-state index in [0.29, 0.717) is 13.0 Å². The van der Waals surface area contributed by atoms with Gasteiger partial charge in [-0.05, 0) is 38.5 Å². The minimum atomic E-state index is -1.54. The highest BCUT2D eigenvalue weighted by Crippen LogP contribution is 2.23. The maximum absolute atomic E-state index is 12.8. The normalized spacial score (nSPS) is 20.1. The van der Waals surface area contributed by atoms with E-state index in [1.807, 2.05) is 0 Å². The van der Waals surface area contributed by atoms with Gasteiger partial charge < -0.3 is 39.4 Å². The second-order valence-corrected chi connectivity index (χ2v) is 17.6. The van der Waals surface area contributed by atoms with Gasteiger partial charge in [-0.2, -0.15) is 0 Å². The molecule has 9 nitrogen and oxygen atoms in total. The molecule has 0 spiro atoms. The summed E-state index contributed by atoms with van der Waals surface area (Å²) in [6, 6.07) is 0. The lowest BCUT2D eigenvalue weighted by Gasteiger charge is -2.39. The first-order valence-electron chi connectivity index (χ1n) is 25.4. The van der Waals surface area contributed by atoms with Crippen LogP contribution < -0.4 is 0 Å². The molecule has 0 aliphatic carbocycles. The van der Waals surface area contributed by atoms with Gasteiger partial charge in [-0.15, -0.1) is 0 Å². The largest absolute Gasteiger partial charge is 0.457 e. The van der Waals surface area contributed by atoms with Crippen LogP contribution in [0.3, 0.4) is 0 Å². The highest BCUT2D eigenvalue weighted by atomic mass is 16.7. The summed E-state index contributed by atoms with van der Waals surface area (Å²) in [6.07, 6.45) is 43.5. The second-order valence-electron chi connectivity index (χ2n) is 17.6. The Morgan fingerprint density at radius 1 is 0.533 bits per heavy atom. The van der Waals surface area contributed by atoms with Crippen LogP contribution in [0.15, 0.2) is 24.3 Å². The van der Waals surface area contributed by atoms with Crippen molar-refractivity contribution in [2.24, 2.45) is 0 Å². The molecule has 0 amide bonds. The number of hydrogen-bond acceptors (Lipinski definition) is 9. The van der Waals surface area contributed by atoms with Crippen molar-refractivity contribution in [3.05, 3.63) is 24.3 Å². The molecule has 6 atom stereocenters. The van der Waals surface area contributed by atoms with Gasteiger partial charge in [0.2, 0.25) is 0 Å². The lowest BCUT2D eigenvalue weighted by Crippen LogP contribution is -2.59. The molecule has 1 saturated heterocycles. The molecule has 1 aliphatic rings. The molecule has 0 bridgehead atoms. The zero-order valence-corrected chi connectivity index (χ0v) is 39.0. The van der Waals surface area contributed by atoms with Crippen LogP contribution in [0.4, 0.5) is 0 Å². The second kappa shape index (κ2) is 42.9. The molecule has 354 valence electrons. The molecule has 60 heavy (non-hydrogen) atoms. The van der Waals surface area contributed by atoms with Crippen molar-refractivity contribution in [3.63, 3.8) is 0 Å². The molecule has 1 aliphatic heterocycles. The van der Waals surface area contributed by atoms with Crippen LogP contribution in [0.25, 0.3) is 0 Å². The Hall–Kier alpha value is -1.33. The first-order chi connectivity index (χ1) is 29.4. The van der Waals surface area contributed by atoms with Gasteiger partial charge in [0.25, 0.3) is 0 Å². The molecule has 4 N–H and O–H groups in total. The van der Waals surface area contributed by atoms with Gasteiger partial charge in [-0.25, -0.2) is 0 Å². The van der Waals surface area contributed by atoms with E-state index in [2.05, 4.69) is 38.2 Å². The average Bonchev–Trinajstić information content (AvgIpc) is 3.25. The Labute approximate surface area is 368 Å². The summed E-state index contributed by atoms with van der Waals surface area (Å²) in [5, 5.41) is 40.2. The van der Waals surface area contributed by atoms with E-state index in [1.165, 1.54) is 161 Å². The van der Waals surface area contributed by atoms with Crippen molar-refractivity contribution in [2.75, 3.05) is 26.4 Å². The molecule has 0 aromatic heterocycles. The fourth-order valence-corrected chi connectivity index (χ4v) is 7.86. The summed E-state index contributed by atoms with van der Waals surface area (Å²) in [4.78, 5) is 12.8. The molecule has 1 fully saturated rings. The summed E-state index contributed by atoms with van der Waals surface area (Å²) < 4.78 is 22.9. The maximum Gasteiger partial charge on any atom is 0.306 e. The lowest BCUT2D eigenvalue weighted by atomic mass is 9.99. The number of carbonyl (C=O) groups is 1. The van der Waals surface area contributed by atoms with Gasteiger partial charge in [-0.1, -0.05) is 212 Å². The molecular weight excluding hydrogens is 757 g/mol. The predicted octanol–water partition coefficient (Wildman–Crippen LogP) is 12.1. The Bertz CT molecular complexity index is 972. The van der Waals surface area contributed by atoms with Gasteiger partial charge in [0.1, 0.15) is 30.5 Å². The minimum Gasteiger partial charge on any atom is -0.457 e. The van der Waals surface area contributed by atoms with Crippen molar-refractivity contribution in [2.45, 2.75) is 269 Å². The Kier molecular flexibility index (Phi) is 40.6. The topological polar surface area (TPSA) is 135 Å². The third-order valence-electron chi connectivity index (χ3n) is 11.9. The van der Waals surface area contributed by atoms with Gasteiger partial charge >= 0.3 is 5.97 Å². The van der Waals surface area contributed by atoms with Crippen LogP contribution in [-0.4, -0.2) is 89.6 Å². The van der Waals surface area contributed by atoms with Crippen LogP contribution in [0.2, 0.25) is 0 Å². The lowest BCUT2D eigenvalue weighted by molar-refractivity contribution is -0.305. The number of unbranched alkanes of at least 4 members (excludes halogenated alkanes) is 29. The van der Waals surface area contributed by atoms with Crippen LogP contribution in [-0.2, 0) is 23.7 Å². The highest BCUT2D eigenvalue weighted by Gasteiger charge is 2.44. The number of allylic oxidation sites excluding steroid dienone is 4. The van der Waals surface area contributed by atoms with Crippen molar-refractivity contribution >= 4 is 5.97 Å². The van der Waals surface area contributed by atoms with E-state index in [-0.39, 0.29) is 19.2 Å². The van der Waals surface area contributed by atoms with Gasteiger partial charge in [0, 0.05) is 13.0 Å². The van der Waals surface area contributed by atoms with E-state index < -0.39 is 43.4 Å². The quantitative estimate of drug-likeness (QED) is 0.0268. The fourth-order valence-electron chi connectivity index (χ4n) is 7.86. The number of aliphatic hydroxyl groups excluding tert-OH is 4. The Balaban J connectivity index is 2.18. The molecule has 0 aromatic carbocycles. The first-order valence-corrected chi connectivity index (χ1v) is 25.4. The maximum atomic E-state index is 12.8. The van der Waals surface area contributed by atoms with Crippen LogP contribution in [0.5, 0.6) is 0 Å². The molecule has 6 unspecified atom stereocenters. The van der Waals surface area contributed by atoms with E-state index in [1.54, 1.807) is 0 Å². The molecule has 9 heteroatoms. The molecular formula is C51H96O9. The van der Waals surface area contributed by atoms with Crippen LogP contribution in [0, 0.1) is 0 Å².